The molecule has 5 nitrogen and oxygen atoms in total. The second-order valence-corrected chi connectivity index (χ2v) is 5.16. The van der Waals surface area contributed by atoms with Gasteiger partial charge in [-0.2, -0.15) is 0 Å². The summed E-state index contributed by atoms with van der Waals surface area (Å²) in [5.41, 5.74) is 0.144. The topological polar surface area (TPSA) is 79.3 Å². The molecule has 0 bridgehead atoms. The minimum absolute atomic E-state index is 0.0373. The molecule has 0 fully saturated rings. The molecule has 0 aliphatic carbocycles. The zero-order chi connectivity index (χ0) is 15.6. The lowest BCUT2D eigenvalue weighted by molar-refractivity contribution is 0.0687. The van der Waals surface area contributed by atoms with Gasteiger partial charge in [0, 0.05) is 13.5 Å². The molecule has 2 rings (SSSR count). The van der Waals surface area contributed by atoms with Crippen molar-refractivity contribution in [3.8, 4) is 0 Å². The number of carboxylic acid groups (broad SMARTS) is 1. The molecule has 0 radical (unpaired) electrons. The summed E-state index contributed by atoms with van der Waals surface area (Å²) in [7, 11) is 0. The number of carbonyl (C=O) groups excluding carboxylic acids is 1. The summed E-state index contributed by atoms with van der Waals surface area (Å²) < 4.78 is 25.8. The number of carbonyl (C=O) groups is 2. The monoisotopic (exact) mass is 312 g/mol. The molecule has 0 amide bonds. The summed E-state index contributed by atoms with van der Waals surface area (Å²) in [5.74, 6) is -3.60. The standard InChI is InChI=1S/C13H10F2N2O3S/c1-6(18)11-10(12(19)20)17-13(21-11)16-5-7-2-3-8(14)9(15)4-7/h2-4H,5H2,1H3,(H,16,17)(H,19,20). The lowest BCUT2D eigenvalue weighted by Crippen LogP contribution is -2.04. The molecule has 2 aromatic rings. The van der Waals surface area contributed by atoms with Gasteiger partial charge < -0.3 is 10.4 Å². The first-order valence-electron chi connectivity index (χ1n) is 5.81. The number of carboxylic acids is 1. The van der Waals surface area contributed by atoms with Gasteiger partial charge in [0.25, 0.3) is 0 Å². The highest BCUT2D eigenvalue weighted by molar-refractivity contribution is 7.17. The Bertz CT molecular complexity index is 684. The van der Waals surface area contributed by atoms with Gasteiger partial charge in [0.2, 0.25) is 0 Å². The van der Waals surface area contributed by atoms with E-state index in [0.29, 0.717) is 5.56 Å². The quantitative estimate of drug-likeness (QED) is 0.830. The van der Waals surface area contributed by atoms with Crippen molar-refractivity contribution in [3.05, 3.63) is 46.0 Å². The van der Waals surface area contributed by atoms with Crippen molar-refractivity contribution in [2.45, 2.75) is 13.5 Å². The first kappa shape index (κ1) is 15.0. The molecular weight excluding hydrogens is 302 g/mol. The number of aromatic nitrogens is 1. The van der Waals surface area contributed by atoms with Gasteiger partial charge in [-0.1, -0.05) is 17.4 Å². The van der Waals surface area contributed by atoms with Crippen LogP contribution in [0.1, 0.15) is 32.6 Å². The van der Waals surface area contributed by atoms with E-state index in [4.69, 9.17) is 5.11 Å². The Hall–Kier alpha value is -2.35. The minimum atomic E-state index is -1.29. The van der Waals surface area contributed by atoms with E-state index in [0.717, 1.165) is 23.5 Å². The van der Waals surface area contributed by atoms with Crippen LogP contribution in [0.3, 0.4) is 0 Å². The van der Waals surface area contributed by atoms with Gasteiger partial charge in [0.15, 0.2) is 28.2 Å². The molecule has 0 spiro atoms. The van der Waals surface area contributed by atoms with Crippen molar-refractivity contribution in [1.82, 2.24) is 4.98 Å². The van der Waals surface area contributed by atoms with E-state index < -0.39 is 23.4 Å². The number of aromatic carboxylic acids is 1. The van der Waals surface area contributed by atoms with Crippen LogP contribution in [-0.4, -0.2) is 21.8 Å². The normalized spacial score (nSPS) is 10.4. The van der Waals surface area contributed by atoms with Gasteiger partial charge >= 0.3 is 5.97 Å². The number of hydrogen-bond acceptors (Lipinski definition) is 5. The highest BCUT2D eigenvalue weighted by Crippen LogP contribution is 2.24. The maximum atomic E-state index is 13.0. The van der Waals surface area contributed by atoms with Crippen LogP contribution in [-0.2, 0) is 6.54 Å². The summed E-state index contributed by atoms with van der Waals surface area (Å²) in [6.07, 6.45) is 0. The maximum absolute atomic E-state index is 13.0. The number of ketones is 1. The molecule has 0 aliphatic rings. The van der Waals surface area contributed by atoms with Crippen molar-refractivity contribution >= 4 is 28.2 Å². The van der Waals surface area contributed by atoms with Crippen LogP contribution in [0.5, 0.6) is 0 Å². The van der Waals surface area contributed by atoms with Gasteiger partial charge in [0.1, 0.15) is 4.88 Å². The number of benzene rings is 1. The fourth-order valence-electron chi connectivity index (χ4n) is 1.61. The van der Waals surface area contributed by atoms with Crippen LogP contribution in [0, 0.1) is 11.6 Å². The van der Waals surface area contributed by atoms with Crippen molar-refractivity contribution in [3.63, 3.8) is 0 Å². The first-order valence-corrected chi connectivity index (χ1v) is 6.63. The lowest BCUT2D eigenvalue weighted by atomic mass is 10.2. The Morgan fingerprint density at radius 2 is 2.05 bits per heavy atom. The number of thiazole rings is 1. The smallest absolute Gasteiger partial charge is 0.356 e. The molecule has 0 aliphatic heterocycles. The Kier molecular flexibility index (Phi) is 4.27. The average molecular weight is 312 g/mol. The molecule has 1 heterocycles. The summed E-state index contributed by atoms with van der Waals surface area (Å²) in [5, 5.41) is 12.0. The van der Waals surface area contributed by atoms with E-state index in [1.165, 1.54) is 13.0 Å². The van der Waals surface area contributed by atoms with E-state index in [-0.39, 0.29) is 22.2 Å². The molecule has 0 saturated carbocycles. The minimum Gasteiger partial charge on any atom is -0.476 e. The molecule has 1 aromatic carbocycles. The number of rotatable bonds is 5. The lowest BCUT2D eigenvalue weighted by Gasteiger charge is -2.03. The van der Waals surface area contributed by atoms with Gasteiger partial charge in [-0.25, -0.2) is 18.6 Å². The molecule has 0 saturated heterocycles. The fraction of sp³-hybridized carbons (Fsp3) is 0.154. The Labute approximate surface area is 122 Å². The van der Waals surface area contributed by atoms with E-state index >= 15 is 0 Å². The Balaban J connectivity index is 2.16. The predicted octanol–water partition coefficient (Wildman–Crippen LogP) is 2.93. The van der Waals surface area contributed by atoms with Gasteiger partial charge in [-0.05, 0) is 17.7 Å². The number of halogens is 2. The van der Waals surface area contributed by atoms with Crippen LogP contribution >= 0.6 is 11.3 Å². The molecule has 21 heavy (non-hydrogen) atoms. The fourth-order valence-corrected chi connectivity index (χ4v) is 2.45. The van der Waals surface area contributed by atoms with Crippen molar-refractivity contribution < 1.29 is 23.5 Å². The second kappa shape index (κ2) is 5.96. The Morgan fingerprint density at radius 1 is 1.33 bits per heavy atom. The SMILES string of the molecule is CC(=O)c1sc(NCc2ccc(F)c(F)c2)nc1C(=O)O. The maximum Gasteiger partial charge on any atom is 0.356 e. The second-order valence-electron chi connectivity index (χ2n) is 4.16. The Morgan fingerprint density at radius 3 is 2.57 bits per heavy atom. The molecule has 1 aromatic heterocycles. The molecule has 2 N–H and O–H groups in total. The zero-order valence-corrected chi connectivity index (χ0v) is 11.6. The zero-order valence-electron chi connectivity index (χ0n) is 10.8. The van der Waals surface area contributed by atoms with Crippen molar-refractivity contribution in [2.75, 3.05) is 5.32 Å². The number of anilines is 1. The van der Waals surface area contributed by atoms with Crippen molar-refractivity contribution in [1.29, 1.82) is 0 Å². The number of Topliss-reactive ketones (excluding diaryl/α,β-unsaturated/α-hetero) is 1. The average Bonchev–Trinajstić information content (AvgIpc) is 2.85. The van der Waals surface area contributed by atoms with Gasteiger partial charge in [-0.15, -0.1) is 0 Å². The third-order valence-corrected chi connectivity index (χ3v) is 3.69. The molecule has 8 heteroatoms. The van der Waals surface area contributed by atoms with Gasteiger partial charge in [0.05, 0.1) is 0 Å². The molecule has 110 valence electrons. The summed E-state index contributed by atoms with van der Waals surface area (Å²) >= 11 is 0.902. The van der Waals surface area contributed by atoms with Gasteiger partial charge in [-0.3, -0.25) is 4.79 Å². The van der Waals surface area contributed by atoms with Crippen LogP contribution in [0.2, 0.25) is 0 Å². The summed E-state index contributed by atoms with van der Waals surface area (Å²) in [6, 6.07) is 3.42. The van der Waals surface area contributed by atoms with Crippen LogP contribution in [0.4, 0.5) is 13.9 Å². The van der Waals surface area contributed by atoms with E-state index in [1.54, 1.807) is 0 Å². The third kappa shape index (κ3) is 3.40. The van der Waals surface area contributed by atoms with E-state index in [9.17, 15) is 18.4 Å². The van der Waals surface area contributed by atoms with Crippen LogP contribution < -0.4 is 5.32 Å². The van der Waals surface area contributed by atoms with Crippen LogP contribution in [0.15, 0.2) is 18.2 Å². The highest BCUT2D eigenvalue weighted by atomic mass is 32.1. The predicted molar refractivity (Wildman–Crippen MR) is 72.8 cm³/mol. The van der Waals surface area contributed by atoms with Crippen LogP contribution in [0.25, 0.3) is 0 Å². The summed E-state index contributed by atoms with van der Waals surface area (Å²) in [6.45, 7) is 1.38. The molecular formula is C13H10F2N2O3S. The number of nitrogens with zero attached hydrogens (tertiary/aromatic N) is 1. The molecule has 0 atom stereocenters. The summed E-state index contributed by atoms with van der Waals surface area (Å²) in [4.78, 5) is 26.1. The first-order chi connectivity index (χ1) is 9.88. The highest BCUT2D eigenvalue weighted by Gasteiger charge is 2.20. The van der Waals surface area contributed by atoms with E-state index in [2.05, 4.69) is 10.3 Å². The number of hydrogen-bond donors (Lipinski definition) is 2. The largest absolute Gasteiger partial charge is 0.476 e. The number of nitrogens with one attached hydrogen (secondary N) is 1. The third-order valence-electron chi connectivity index (χ3n) is 2.58. The molecule has 0 unspecified atom stereocenters. The van der Waals surface area contributed by atoms with E-state index in [1.807, 2.05) is 0 Å². The van der Waals surface area contributed by atoms with Crippen molar-refractivity contribution in [2.24, 2.45) is 0 Å².